The van der Waals surface area contributed by atoms with Crippen LogP contribution in [-0.2, 0) is 9.59 Å². The van der Waals surface area contributed by atoms with E-state index < -0.39 is 0 Å². The number of hydrogen-bond donors (Lipinski definition) is 3. The van der Waals surface area contributed by atoms with Crippen LogP contribution >= 0.6 is 0 Å². The van der Waals surface area contributed by atoms with Gasteiger partial charge < -0.3 is 15.6 Å². The van der Waals surface area contributed by atoms with Crippen LogP contribution in [0.4, 0.5) is 0 Å². The van der Waals surface area contributed by atoms with Gasteiger partial charge in [0, 0.05) is 31.8 Å². The van der Waals surface area contributed by atoms with E-state index >= 15 is 0 Å². The van der Waals surface area contributed by atoms with Gasteiger partial charge in [0.15, 0.2) is 0 Å². The summed E-state index contributed by atoms with van der Waals surface area (Å²) in [6, 6.07) is 10.0. The Kier molecular flexibility index (Phi) is 7.97. The molecule has 178 valence electrons. The third-order valence-electron chi connectivity index (χ3n) is 7.59. The van der Waals surface area contributed by atoms with Crippen molar-refractivity contribution in [3.63, 3.8) is 0 Å². The zero-order valence-corrected chi connectivity index (χ0v) is 19.9. The summed E-state index contributed by atoms with van der Waals surface area (Å²) in [5.74, 6) is 1.42. The summed E-state index contributed by atoms with van der Waals surface area (Å²) in [5.41, 5.74) is 2.51. The van der Waals surface area contributed by atoms with Gasteiger partial charge in [-0.05, 0) is 49.5 Å². The van der Waals surface area contributed by atoms with E-state index in [2.05, 4.69) is 32.7 Å². The number of carbonyl (C=O) groups is 2. The van der Waals surface area contributed by atoms with Gasteiger partial charge in [0.2, 0.25) is 5.91 Å². The molecule has 3 N–H and O–H groups in total. The van der Waals surface area contributed by atoms with Crippen LogP contribution in [0.15, 0.2) is 36.5 Å². The van der Waals surface area contributed by atoms with E-state index in [9.17, 15) is 9.59 Å². The average molecular weight is 451 g/mol. The molecule has 1 aromatic heterocycles. The van der Waals surface area contributed by atoms with Gasteiger partial charge in [0.1, 0.15) is 11.6 Å². The van der Waals surface area contributed by atoms with E-state index in [1.807, 2.05) is 31.3 Å². The lowest BCUT2D eigenvalue weighted by Gasteiger charge is -2.47. The van der Waals surface area contributed by atoms with Crippen molar-refractivity contribution in [2.75, 3.05) is 13.1 Å². The van der Waals surface area contributed by atoms with Crippen molar-refractivity contribution in [2.24, 2.45) is 11.3 Å². The minimum absolute atomic E-state index is 0.101. The minimum atomic E-state index is -0.127. The highest BCUT2D eigenvalue weighted by Gasteiger charge is 2.41. The Morgan fingerprint density at radius 1 is 1.12 bits per heavy atom. The molecule has 2 aliphatic rings. The molecule has 33 heavy (non-hydrogen) atoms. The number of carbonyl (C=O) groups excluding carboxylic acids is 2. The molecular formula is C27H38N4O2. The minimum Gasteiger partial charge on any atom is -0.346 e. The van der Waals surface area contributed by atoms with E-state index in [1.54, 1.807) is 0 Å². The summed E-state index contributed by atoms with van der Waals surface area (Å²) < 4.78 is 0. The number of benzene rings is 1. The Morgan fingerprint density at radius 2 is 1.88 bits per heavy atom. The number of aromatic amines is 1. The van der Waals surface area contributed by atoms with E-state index in [-0.39, 0.29) is 17.9 Å². The molecule has 2 heterocycles. The molecule has 1 saturated carbocycles. The predicted molar refractivity (Wildman–Crippen MR) is 131 cm³/mol. The van der Waals surface area contributed by atoms with Gasteiger partial charge in [-0.25, -0.2) is 4.98 Å². The summed E-state index contributed by atoms with van der Waals surface area (Å²) in [4.78, 5) is 32.9. The van der Waals surface area contributed by atoms with Crippen LogP contribution in [0.3, 0.4) is 0 Å². The number of unbranched alkanes of at least 4 members (excludes halogenated alkanes) is 2. The van der Waals surface area contributed by atoms with Crippen LogP contribution in [0.2, 0.25) is 0 Å². The molecule has 1 amide bonds. The molecule has 1 aromatic carbocycles. The Morgan fingerprint density at radius 3 is 2.55 bits per heavy atom. The first-order valence-electron chi connectivity index (χ1n) is 12.7. The third-order valence-corrected chi connectivity index (χ3v) is 7.59. The molecule has 0 radical (unpaired) electrons. The molecule has 0 bridgehead atoms. The monoisotopic (exact) mass is 450 g/mol. The summed E-state index contributed by atoms with van der Waals surface area (Å²) in [5, 5.41) is 6.72. The van der Waals surface area contributed by atoms with Gasteiger partial charge in [-0.1, -0.05) is 50.1 Å². The van der Waals surface area contributed by atoms with E-state index in [1.165, 1.54) is 0 Å². The second-order valence-corrected chi connectivity index (χ2v) is 9.98. The quantitative estimate of drug-likeness (QED) is 0.423. The number of nitrogens with one attached hydrogen (secondary N) is 3. The topological polar surface area (TPSA) is 86.9 Å². The number of hydrogen-bond acceptors (Lipinski definition) is 4. The summed E-state index contributed by atoms with van der Waals surface area (Å²) in [7, 11) is 0. The molecule has 0 unspecified atom stereocenters. The first-order valence-corrected chi connectivity index (χ1v) is 12.7. The van der Waals surface area contributed by atoms with Crippen LogP contribution < -0.4 is 10.6 Å². The molecule has 4 rings (SSSR count). The van der Waals surface area contributed by atoms with Crippen molar-refractivity contribution >= 4 is 11.7 Å². The fourth-order valence-electron chi connectivity index (χ4n) is 5.19. The number of ketones is 1. The number of Topliss-reactive ketones (excluding diaryl/α,β-unsaturated/α-hetero) is 1. The standard InChI is InChI=1S/C27H38N4O2/c1-2-22(32)11-7-4-8-12-23(25-29-17-24(30-25)20-9-5-3-6-10-20)31-26(33)21-13-15-27(16-14-21)18-28-19-27/h3,5-6,9-10,17,21,23,28H,2,4,7-8,11-16,18-19H2,1H3,(H,29,30)(H,31,33)/t23-/m1/s1. The normalized spacial score (nSPS) is 18.6. The Hall–Kier alpha value is -2.47. The molecule has 2 aromatic rings. The van der Waals surface area contributed by atoms with Crippen LogP contribution in [0.5, 0.6) is 0 Å². The van der Waals surface area contributed by atoms with Crippen LogP contribution in [0.25, 0.3) is 11.3 Å². The highest BCUT2D eigenvalue weighted by Crippen LogP contribution is 2.41. The number of amides is 1. The number of H-pyrrole nitrogens is 1. The van der Waals surface area contributed by atoms with Gasteiger partial charge in [-0.2, -0.15) is 0 Å². The van der Waals surface area contributed by atoms with Gasteiger partial charge in [-0.15, -0.1) is 0 Å². The number of aromatic nitrogens is 2. The lowest BCUT2D eigenvalue weighted by molar-refractivity contribution is -0.128. The predicted octanol–water partition coefficient (Wildman–Crippen LogP) is 4.94. The fraction of sp³-hybridized carbons (Fsp3) is 0.593. The van der Waals surface area contributed by atoms with Gasteiger partial charge in [-0.3, -0.25) is 9.59 Å². The van der Waals surface area contributed by atoms with Crippen molar-refractivity contribution in [2.45, 2.75) is 77.2 Å². The molecular weight excluding hydrogens is 412 g/mol. The largest absolute Gasteiger partial charge is 0.346 e. The second kappa shape index (κ2) is 11.1. The molecule has 1 spiro atoms. The average Bonchev–Trinajstić information content (AvgIpc) is 3.32. The fourth-order valence-corrected chi connectivity index (χ4v) is 5.19. The third kappa shape index (κ3) is 6.11. The molecule has 1 atom stereocenters. The first-order chi connectivity index (χ1) is 16.1. The van der Waals surface area contributed by atoms with Crippen LogP contribution in [-0.4, -0.2) is 34.7 Å². The summed E-state index contributed by atoms with van der Waals surface area (Å²) in [6.45, 7) is 4.14. The maximum absolute atomic E-state index is 13.2. The van der Waals surface area contributed by atoms with Gasteiger partial charge in [0.25, 0.3) is 0 Å². The maximum Gasteiger partial charge on any atom is 0.223 e. The van der Waals surface area contributed by atoms with Crippen molar-refractivity contribution in [1.29, 1.82) is 0 Å². The SMILES string of the molecule is CCC(=O)CCCCC[C@@H](NC(=O)C1CCC2(CC1)CNC2)c1ncc(-c2ccccc2)[nH]1. The number of imidazole rings is 1. The van der Waals surface area contributed by atoms with Gasteiger partial charge in [0.05, 0.1) is 17.9 Å². The molecule has 1 saturated heterocycles. The molecule has 2 fully saturated rings. The van der Waals surface area contributed by atoms with Gasteiger partial charge >= 0.3 is 0 Å². The lowest BCUT2D eigenvalue weighted by atomic mass is 9.67. The Labute approximate surface area is 197 Å². The van der Waals surface area contributed by atoms with Crippen molar-refractivity contribution in [3.8, 4) is 11.3 Å². The van der Waals surface area contributed by atoms with E-state index in [4.69, 9.17) is 0 Å². The molecule has 6 nitrogen and oxygen atoms in total. The highest BCUT2D eigenvalue weighted by atomic mass is 16.2. The van der Waals surface area contributed by atoms with Crippen molar-refractivity contribution in [1.82, 2.24) is 20.6 Å². The Bertz CT molecular complexity index is 909. The van der Waals surface area contributed by atoms with Crippen molar-refractivity contribution in [3.05, 3.63) is 42.4 Å². The number of rotatable bonds is 11. The zero-order chi connectivity index (χ0) is 23.1. The smallest absolute Gasteiger partial charge is 0.223 e. The first kappa shape index (κ1) is 23.7. The molecule has 1 aliphatic carbocycles. The highest BCUT2D eigenvalue weighted by molar-refractivity contribution is 5.79. The lowest BCUT2D eigenvalue weighted by Crippen LogP contribution is -2.55. The van der Waals surface area contributed by atoms with E-state index in [0.29, 0.717) is 24.0 Å². The summed E-state index contributed by atoms with van der Waals surface area (Å²) >= 11 is 0. The number of nitrogens with zero attached hydrogens (tertiary/aromatic N) is 1. The molecule has 1 aliphatic heterocycles. The van der Waals surface area contributed by atoms with E-state index in [0.717, 1.165) is 81.5 Å². The van der Waals surface area contributed by atoms with Crippen LogP contribution in [0.1, 0.15) is 83.0 Å². The van der Waals surface area contributed by atoms with Crippen LogP contribution in [0, 0.1) is 11.3 Å². The van der Waals surface area contributed by atoms with Crippen molar-refractivity contribution < 1.29 is 9.59 Å². The second-order valence-electron chi connectivity index (χ2n) is 9.98. The summed E-state index contributed by atoms with van der Waals surface area (Å²) in [6.07, 6.45) is 11.1. The maximum atomic E-state index is 13.2. The Balaban J connectivity index is 1.37. The molecule has 6 heteroatoms. The zero-order valence-electron chi connectivity index (χ0n) is 19.9.